The summed E-state index contributed by atoms with van der Waals surface area (Å²) in [7, 11) is -3.65. The lowest BCUT2D eigenvalue weighted by atomic mass is 10.3. The second-order valence-corrected chi connectivity index (χ2v) is 7.08. The van der Waals surface area contributed by atoms with Gasteiger partial charge in [-0.05, 0) is 38.1 Å². The summed E-state index contributed by atoms with van der Waals surface area (Å²) in [5.41, 5.74) is 5.37. The molecule has 0 aliphatic rings. The van der Waals surface area contributed by atoms with Gasteiger partial charge in [0.15, 0.2) is 9.84 Å². The molecule has 1 unspecified atom stereocenters. The highest BCUT2D eigenvalue weighted by molar-refractivity contribution is 7.92. The SMILES string of the molecule is CC(CC(=O)N[C@@H](C)CN)S(=O)(=O)c1ccc(F)cc1.Cl. The third-order valence-electron chi connectivity index (χ3n) is 2.91. The van der Waals surface area contributed by atoms with Crippen LogP contribution in [0.25, 0.3) is 0 Å². The maximum Gasteiger partial charge on any atom is 0.221 e. The largest absolute Gasteiger partial charge is 0.352 e. The maximum atomic E-state index is 12.8. The number of rotatable bonds is 6. The minimum atomic E-state index is -3.65. The van der Waals surface area contributed by atoms with Crippen molar-refractivity contribution in [2.75, 3.05) is 6.54 Å². The number of amides is 1. The quantitative estimate of drug-likeness (QED) is 0.764. The van der Waals surface area contributed by atoms with Crippen LogP contribution < -0.4 is 11.1 Å². The Kier molecular flexibility index (Phi) is 7.84. The molecule has 1 amide bonds. The van der Waals surface area contributed by atoms with E-state index in [2.05, 4.69) is 5.32 Å². The molecule has 21 heavy (non-hydrogen) atoms. The van der Waals surface area contributed by atoms with Crippen molar-refractivity contribution < 1.29 is 17.6 Å². The van der Waals surface area contributed by atoms with Crippen LogP contribution in [0.4, 0.5) is 4.39 Å². The molecule has 0 saturated heterocycles. The summed E-state index contributed by atoms with van der Waals surface area (Å²) in [5.74, 6) is -0.882. The Morgan fingerprint density at radius 1 is 1.29 bits per heavy atom. The Morgan fingerprint density at radius 3 is 2.29 bits per heavy atom. The van der Waals surface area contributed by atoms with E-state index >= 15 is 0 Å². The summed E-state index contributed by atoms with van der Waals surface area (Å²) in [5, 5.41) is 1.71. The predicted molar refractivity (Wildman–Crippen MR) is 81.6 cm³/mol. The molecular formula is C13H20ClFN2O3S. The first-order valence-electron chi connectivity index (χ1n) is 6.26. The highest BCUT2D eigenvalue weighted by Crippen LogP contribution is 2.18. The Bertz CT molecular complexity index is 563. The van der Waals surface area contributed by atoms with E-state index in [4.69, 9.17) is 5.73 Å². The molecule has 1 rings (SSSR count). The van der Waals surface area contributed by atoms with Crippen LogP contribution in [0.15, 0.2) is 29.2 Å². The van der Waals surface area contributed by atoms with Gasteiger partial charge in [0.25, 0.3) is 0 Å². The molecule has 0 fully saturated rings. The molecule has 0 aliphatic heterocycles. The summed E-state index contributed by atoms with van der Waals surface area (Å²) in [4.78, 5) is 11.7. The van der Waals surface area contributed by atoms with Gasteiger partial charge in [-0.2, -0.15) is 0 Å². The topological polar surface area (TPSA) is 89.3 Å². The lowest BCUT2D eigenvalue weighted by Gasteiger charge is -2.15. The number of nitrogens with two attached hydrogens (primary N) is 1. The van der Waals surface area contributed by atoms with Gasteiger partial charge in [0.2, 0.25) is 5.91 Å². The fourth-order valence-electron chi connectivity index (χ4n) is 1.62. The van der Waals surface area contributed by atoms with Gasteiger partial charge in [0.05, 0.1) is 10.1 Å². The van der Waals surface area contributed by atoms with Crippen LogP contribution in [0.2, 0.25) is 0 Å². The third kappa shape index (κ3) is 5.61. The van der Waals surface area contributed by atoms with Crippen molar-refractivity contribution in [3.05, 3.63) is 30.1 Å². The van der Waals surface area contributed by atoms with Crippen LogP contribution in [0.5, 0.6) is 0 Å². The van der Waals surface area contributed by atoms with Crippen molar-refractivity contribution in [1.29, 1.82) is 0 Å². The minimum absolute atomic E-state index is 0. The van der Waals surface area contributed by atoms with Crippen molar-refractivity contribution in [3.63, 3.8) is 0 Å². The van der Waals surface area contributed by atoms with Gasteiger partial charge in [-0.15, -0.1) is 12.4 Å². The number of hydrogen-bond acceptors (Lipinski definition) is 4. The van der Waals surface area contributed by atoms with Gasteiger partial charge >= 0.3 is 0 Å². The number of benzene rings is 1. The highest BCUT2D eigenvalue weighted by atomic mass is 35.5. The van der Waals surface area contributed by atoms with Crippen molar-refractivity contribution in [2.24, 2.45) is 5.73 Å². The zero-order valence-corrected chi connectivity index (χ0v) is 13.5. The molecule has 0 heterocycles. The summed E-state index contributed by atoms with van der Waals surface area (Å²) < 4.78 is 37.2. The van der Waals surface area contributed by atoms with Crippen LogP contribution in [0, 0.1) is 5.82 Å². The molecule has 1 aromatic carbocycles. The first-order chi connectivity index (χ1) is 9.27. The van der Waals surface area contributed by atoms with E-state index in [9.17, 15) is 17.6 Å². The maximum absolute atomic E-state index is 12.8. The molecule has 0 bridgehead atoms. The highest BCUT2D eigenvalue weighted by Gasteiger charge is 2.25. The van der Waals surface area contributed by atoms with Crippen LogP contribution >= 0.6 is 12.4 Å². The second kappa shape index (κ2) is 8.31. The van der Waals surface area contributed by atoms with E-state index in [1.54, 1.807) is 6.92 Å². The van der Waals surface area contributed by atoms with Crippen molar-refractivity contribution in [1.82, 2.24) is 5.32 Å². The van der Waals surface area contributed by atoms with Crippen molar-refractivity contribution in [3.8, 4) is 0 Å². The van der Waals surface area contributed by atoms with Gasteiger partial charge < -0.3 is 11.1 Å². The smallest absolute Gasteiger partial charge is 0.221 e. The lowest BCUT2D eigenvalue weighted by molar-refractivity contribution is -0.121. The standard InChI is InChI=1S/C13H19FN2O3S.ClH/c1-9(8-15)16-13(17)7-10(2)20(18,19)12-5-3-11(14)4-6-12;/h3-6,9-10H,7-8,15H2,1-2H3,(H,16,17);1H/t9-,10?;/m0./s1. The molecule has 8 heteroatoms. The van der Waals surface area contributed by atoms with E-state index in [1.807, 2.05) is 0 Å². The van der Waals surface area contributed by atoms with Crippen molar-refractivity contribution in [2.45, 2.75) is 36.5 Å². The molecule has 120 valence electrons. The predicted octanol–water partition coefficient (Wildman–Crippen LogP) is 1.26. The van der Waals surface area contributed by atoms with E-state index in [0.29, 0.717) is 0 Å². The minimum Gasteiger partial charge on any atom is -0.352 e. The number of hydrogen-bond donors (Lipinski definition) is 2. The number of carbonyl (C=O) groups excluding carboxylic acids is 1. The normalized spacial score (nSPS) is 13.9. The van der Waals surface area contributed by atoms with E-state index in [1.165, 1.54) is 19.1 Å². The fourth-order valence-corrected chi connectivity index (χ4v) is 2.97. The molecule has 0 saturated carbocycles. The van der Waals surface area contributed by atoms with Crippen LogP contribution in [0.3, 0.4) is 0 Å². The molecule has 3 N–H and O–H groups in total. The molecular weight excluding hydrogens is 319 g/mol. The van der Waals surface area contributed by atoms with Crippen LogP contribution in [-0.4, -0.2) is 32.2 Å². The second-order valence-electron chi connectivity index (χ2n) is 4.72. The van der Waals surface area contributed by atoms with Crippen LogP contribution in [-0.2, 0) is 14.6 Å². The van der Waals surface area contributed by atoms with Gasteiger partial charge in [0, 0.05) is 19.0 Å². The van der Waals surface area contributed by atoms with Crippen molar-refractivity contribution >= 4 is 28.2 Å². The summed E-state index contributed by atoms with van der Waals surface area (Å²) in [6.07, 6.45) is -0.163. The first kappa shape index (κ1) is 19.8. The molecule has 2 atom stereocenters. The molecule has 0 radical (unpaired) electrons. The first-order valence-corrected chi connectivity index (χ1v) is 7.81. The third-order valence-corrected chi connectivity index (χ3v) is 5.06. The summed E-state index contributed by atoms with van der Waals surface area (Å²) in [6, 6.07) is 4.35. The molecule has 0 spiro atoms. The average Bonchev–Trinajstić information content (AvgIpc) is 2.38. The average molecular weight is 339 g/mol. The Hall–Kier alpha value is -1.18. The lowest BCUT2D eigenvalue weighted by Crippen LogP contribution is -2.39. The zero-order valence-electron chi connectivity index (χ0n) is 11.9. The molecule has 0 aromatic heterocycles. The van der Waals surface area contributed by atoms with Gasteiger partial charge in [-0.1, -0.05) is 0 Å². The number of sulfone groups is 1. The number of halogens is 2. The molecule has 0 aliphatic carbocycles. The number of nitrogens with one attached hydrogen (secondary N) is 1. The fraction of sp³-hybridized carbons (Fsp3) is 0.462. The van der Waals surface area contributed by atoms with Gasteiger partial charge in [0.1, 0.15) is 5.82 Å². The Labute approximate surface area is 130 Å². The van der Waals surface area contributed by atoms with E-state index in [-0.39, 0.29) is 42.2 Å². The monoisotopic (exact) mass is 338 g/mol. The van der Waals surface area contributed by atoms with Gasteiger partial charge in [-0.25, -0.2) is 12.8 Å². The van der Waals surface area contributed by atoms with Gasteiger partial charge in [-0.3, -0.25) is 4.79 Å². The van der Waals surface area contributed by atoms with E-state index < -0.39 is 20.9 Å². The Balaban J connectivity index is 0.00000400. The molecule has 5 nitrogen and oxygen atoms in total. The Morgan fingerprint density at radius 2 is 1.81 bits per heavy atom. The summed E-state index contributed by atoms with van der Waals surface area (Å²) >= 11 is 0. The van der Waals surface area contributed by atoms with E-state index in [0.717, 1.165) is 12.1 Å². The zero-order chi connectivity index (χ0) is 15.3. The molecule has 1 aromatic rings. The summed E-state index contributed by atoms with van der Waals surface area (Å²) in [6.45, 7) is 3.47. The number of carbonyl (C=O) groups is 1. The van der Waals surface area contributed by atoms with Crippen LogP contribution in [0.1, 0.15) is 20.3 Å².